The normalized spacial score (nSPS) is 12.7. The number of ether oxygens (including phenoxy) is 1. The molecule has 120 valence electrons. The Kier molecular flexibility index (Phi) is 7.68. The van der Waals surface area contributed by atoms with Crippen molar-refractivity contribution in [3.8, 4) is 0 Å². The molecule has 0 amide bonds. The molecule has 0 saturated heterocycles. The second-order valence-corrected chi connectivity index (χ2v) is 6.03. The van der Waals surface area contributed by atoms with Crippen molar-refractivity contribution in [2.24, 2.45) is 0 Å². The summed E-state index contributed by atoms with van der Waals surface area (Å²) in [6, 6.07) is 5.20. The van der Waals surface area contributed by atoms with E-state index in [1.54, 1.807) is 7.11 Å². The molecule has 0 spiro atoms. The molecule has 1 N–H and O–H groups in total. The lowest BCUT2D eigenvalue weighted by Crippen LogP contribution is -2.33. The van der Waals surface area contributed by atoms with Gasteiger partial charge >= 0.3 is 0 Å². The van der Waals surface area contributed by atoms with Gasteiger partial charge < -0.3 is 15.0 Å². The Balaban J connectivity index is 2.95. The Labute approximate surface area is 129 Å². The van der Waals surface area contributed by atoms with Gasteiger partial charge in [0.1, 0.15) is 5.82 Å². The number of nitrogens with zero attached hydrogens (tertiary/aromatic N) is 2. The van der Waals surface area contributed by atoms with Crippen molar-refractivity contribution in [1.82, 2.24) is 10.3 Å². The number of nitrogens with one attached hydrogen (secondary N) is 1. The summed E-state index contributed by atoms with van der Waals surface area (Å²) in [5, 5.41) is 3.48. The van der Waals surface area contributed by atoms with Crippen LogP contribution in [0.2, 0.25) is 0 Å². The van der Waals surface area contributed by atoms with Crippen LogP contribution in [0.1, 0.15) is 45.4 Å². The second-order valence-electron chi connectivity index (χ2n) is 6.03. The van der Waals surface area contributed by atoms with E-state index in [1.165, 1.54) is 11.3 Å². The van der Waals surface area contributed by atoms with E-state index >= 15 is 0 Å². The maximum atomic E-state index is 5.25. The van der Waals surface area contributed by atoms with Gasteiger partial charge in [-0.25, -0.2) is 4.98 Å². The van der Waals surface area contributed by atoms with Gasteiger partial charge in [0, 0.05) is 32.4 Å². The molecule has 0 aliphatic heterocycles. The zero-order valence-electron chi connectivity index (χ0n) is 14.4. The van der Waals surface area contributed by atoms with Crippen molar-refractivity contribution in [3.63, 3.8) is 0 Å². The van der Waals surface area contributed by atoms with Crippen LogP contribution < -0.4 is 10.2 Å². The van der Waals surface area contributed by atoms with Crippen LogP contribution in [0.5, 0.6) is 0 Å². The first-order valence-electron chi connectivity index (χ1n) is 7.92. The maximum absolute atomic E-state index is 5.25. The van der Waals surface area contributed by atoms with Crippen molar-refractivity contribution in [2.45, 2.75) is 59.2 Å². The van der Waals surface area contributed by atoms with Crippen LogP contribution in [0.15, 0.2) is 12.1 Å². The van der Waals surface area contributed by atoms with E-state index in [0.29, 0.717) is 18.7 Å². The zero-order valence-corrected chi connectivity index (χ0v) is 14.4. The first-order chi connectivity index (χ1) is 9.97. The predicted octanol–water partition coefficient (Wildman–Crippen LogP) is 3.00. The summed E-state index contributed by atoms with van der Waals surface area (Å²) in [5.41, 5.74) is 2.47. The van der Waals surface area contributed by atoms with Crippen LogP contribution in [-0.2, 0) is 17.7 Å². The fourth-order valence-corrected chi connectivity index (χ4v) is 2.20. The molecule has 0 saturated carbocycles. The number of aromatic nitrogens is 1. The molecule has 1 unspecified atom stereocenters. The second kappa shape index (κ2) is 9.00. The van der Waals surface area contributed by atoms with Gasteiger partial charge in [-0.3, -0.25) is 0 Å². The quantitative estimate of drug-likeness (QED) is 0.759. The van der Waals surface area contributed by atoms with E-state index in [1.807, 2.05) is 0 Å². The largest absolute Gasteiger partial charge is 0.383 e. The summed E-state index contributed by atoms with van der Waals surface area (Å²) < 4.78 is 5.25. The highest BCUT2D eigenvalue weighted by atomic mass is 16.5. The van der Waals surface area contributed by atoms with E-state index in [-0.39, 0.29) is 0 Å². The molecule has 21 heavy (non-hydrogen) atoms. The molecule has 4 nitrogen and oxygen atoms in total. The summed E-state index contributed by atoms with van der Waals surface area (Å²) in [6.07, 6.45) is 2.14. The number of pyridine rings is 1. The molecule has 0 fully saturated rings. The molecule has 0 aliphatic carbocycles. The number of anilines is 1. The topological polar surface area (TPSA) is 37.4 Å². The minimum atomic E-state index is 0.310. The third kappa shape index (κ3) is 6.02. The Morgan fingerprint density at radius 2 is 2.00 bits per heavy atom. The van der Waals surface area contributed by atoms with Gasteiger partial charge in [-0.15, -0.1) is 0 Å². The molecular weight excluding hydrogens is 262 g/mol. The first kappa shape index (κ1) is 17.9. The molecule has 1 atom stereocenters. The fraction of sp³-hybridized carbons (Fsp3) is 0.706. The van der Waals surface area contributed by atoms with Gasteiger partial charge in [0.2, 0.25) is 0 Å². The van der Waals surface area contributed by atoms with Crippen LogP contribution >= 0.6 is 0 Å². The number of hydrogen-bond donors (Lipinski definition) is 1. The lowest BCUT2D eigenvalue weighted by Gasteiger charge is -2.26. The minimum Gasteiger partial charge on any atom is -0.383 e. The highest BCUT2D eigenvalue weighted by molar-refractivity contribution is 5.43. The van der Waals surface area contributed by atoms with E-state index in [9.17, 15) is 0 Å². The number of likely N-dealkylation sites (N-methyl/N-ethyl adjacent to an activating group) is 1. The van der Waals surface area contributed by atoms with Crippen molar-refractivity contribution >= 4 is 5.82 Å². The average molecular weight is 293 g/mol. The molecule has 0 radical (unpaired) electrons. The Bertz CT molecular complexity index is 420. The highest BCUT2D eigenvalue weighted by Crippen LogP contribution is 2.17. The number of methoxy groups -OCH3 is 1. The summed E-state index contributed by atoms with van der Waals surface area (Å²) in [6.45, 7) is 10.3. The number of rotatable bonds is 9. The van der Waals surface area contributed by atoms with Gasteiger partial charge in [0.25, 0.3) is 0 Å². The molecule has 0 aromatic carbocycles. The van der Waals surface area contributed by atoms with Crippen molar-refractivity contribution in [1.29, 1.82) is 0 Å². The van der Waals surface area contributed by atoms with Gasteiger partial charge in [0.05, 0.1) is 12.6 Å². The highest BCUT2D eigenvalue weighted by Gasteiger charge is 2.13. The summed E-state index contributed by atoms with van der Waals surface area (Å²) >= 11 is 0. The zero-order chi connectivity index (χ0) is 15.8. The smallest absolute Gasteiger partial charge is 0.129 e. The van der Waals surface area contributed by atoms with Crippen molar-refractivity contribution < 1.29 is 4.74 Å². The van der Waals surface area contributed by atoms with Crippen molar-refractivity contribution in [3.05, 3.63) is 23.4 Å². The van der Waals surface area contributed by atoms with Crippen LogP contribution in [0.4, 0.5) is 5.82 Å². The molecule has 1 rings (SSSR count). The molecule has 4 heteroatoms. The van der Waals surface area contributed by atoms with Gasteiger partial charge in [-0.05, 0) is 31.0 Å². The van der Waals surface area contributed by atoms with Crippen molar-refractivity contribution in [2.75, 3.05) is 25.7 Å². The van der Waals surface area contributed by atoms with Gasteiger partial charge in [-0.1, -0.05) is 27.2 Å². The Hall–Kier alpha value is -1.13. The van der Waals surface area contributed by atoms with Gasteiger partial charge in [0.15, 0.2) is 0 Å². The maximum Gasteiger partial charge on any atom is 0.129 e. The lowest BCUT2D eigenvalue weighted by molar-refractivity contribution is 0.183. The standard InChI is InChI=1S/C17H31N3O/c1-7-8-16-9-15(11-18-13(2)3)10-17(19-16)20(5)14(4)12-21-6/h9-10,13-14,18H,7-8,11-12H2,1-6H3. The number of hydrogen-bond acceptors (Lipinski definition) is 4. The SMILES string of the molecule is CCCc1cc(CNC(C)C)cc(N(C)C(C)COC)n1. The van der Waals surface area contributed by atoms with E-state index in [2.05, 4.69) is 57.1 Å². The molecular formula is C17H31N3O. The fourth-order valence-electron chi connectivity index (χ4n) is 2.20. The molecule has 0 bridgehead atoms. The van der Waals surface area contributed by atoms with Crippen LogP contribution in [-0.4, -0.2) is 37.8 Å². The van der Waals surface area contributed by atoms with Crippen LogP contribution in [0, 0.1) is 0 Å². The molecule has 1 aromatic rings. The molecule has 1 heterocycles. The first-order valence-corrected chi connectivity index (χ1v) is 7.92. The van der Waals surface area contributed by atoms with Crippen LogP contribution in [0.3, 0.4) is 0 Å². The van der Waals surface area contributed by atoms with E-state index in [4.69, 9.17) is 9.72 Å². The Morgan fingerprint density at radius 1 is 1.29 bits per heavy atom. The monoisotopic (exact) mass is 293 g/mol. The van der Waals surface area contributed by atoms with E-state index in [0.717, 1.165) is 25.2 Å². The van der Waals surface area contributed by atoms with Crippen LogP contribution in [0.25, 0.3) is 0 Å². The predicted molar refractivity (Wildman–Crippen MR) is 89.9 cm³/mol. The molecule has 0 aliphatic rings. The summed E-state index contributed by atoms with van der Waals surface area (Å²) in [5.74, 6) is 1.03. The summed E-state index contributed by atoms with van der Waals surface area (Å²) in [4.78, 5) is 6.99. The summed E-state index contributed by atoms with van der Waals surface area (Å²) in [7, 11) is 3.82. The van der Waals surface area contributed by atoms with Gasteiger partial charge in [-0.2, -0.15) is 0 Å². The lowest BCUT2D eigenvalue weighted by atomic mass is 10.1. The average Bonchev–Trinajstić information content (AvgIpc) is 2.44. The third-order valence-electron chi connectivity index (χ3n) is 3.58. The minimum absolute atomic E-state index is 0.310. The third-order valence-corrected chi connectivity index (χ3v) is 3.58. The molecule has 1 aromatic heterocycles. The van der Waals surface area contributed by atoms with E-state index < -0.39 is 0 Å². The number of aryl methyl sites for hydroxylation is 1. The Morgan fingerprint density at radius 3 is 2.57 bits per heavy atom.